The van der Waals surface area contributed by atoms with Crippen molar-refractivity contribution in [3.8, 4) is 28.7 Å². The summed E-state index contributed by atoms with van der Waals surface area (Å²) in [7, 11) is 4.58. The van der Waals surface area contributed by atoms with Crippen LogP contribution in [0.1, 0.15) is 17.2 Å². The van der Waals surface area contributed by atoms with Gasteiger partial charge in [-0.05, 0) is 35.4 Å². The number of carbonyl (C=O) groups is 2. The zero-order valence-electron chi connectivity index (χ0n) is 16.4. The Morgan fingerprint density at radius 3 is 2.30 bits per heavy atom. The molecule has 0 spiro atoms. The molecule has 3 amide bonds. The van der Waals surface area contributed by atoms with Gasteiger partial charge in [0.2, 0.25) is 12.5 Å². The van der Waals surface area contributed by atoms with Gasteiger partial charge in [-0.15, -0.1) is 0 Å². The lowest BCUT2D eigenvalue weighted by atomic mass is 9.95. The van der Waals surface area contributed by atoms with Gasteiger partial charge in [0.15, 0.2) is 28.4 Å². The number of ether oxygens (including phenoxy) is 5. The number of imide groups is 1. The number of nitrogens with one attached hydrogen (secondary N) is 1. The van der Waals surface area contributed by atoms with Gasteiger partial charge >= 0.3 is 6.03 Å². The molecule has 0 radical (unpaired) electrons. The summed E-state index contributed by atoms with van der Waals surface area (Å²) in [5, 5.41) is 1.71. The highest BCUT2D eigenvalue weighted by molar-refractivity contribution is 8.00. The Balaban J connectivity index is 1.73. The third-order valence-electron chi connectivity index (χ3n) is 5.26. The molecule has 5 rings (SSSR count). The van der Waals surface area contributed by atoms with Crippen molar-refractivity contribution in [3.05, 3.63) is 35.4 Å². The van der Waals surface area contributed by atoms with Crippen molar-refractivity contribution in [1.29, 1.82) is 0 Å². The standard InChI is InChI=1S/C20H18N2O7S/c1-25-13-4-9(5-14(26-2)17(13)27-3)16-10-6-11-12(29-8-28-11)7-15(10)30-19-18(23)21-20(24)22(16)19/h4-7,16,19H,8H2,1-3H3,(H,21,23,24)/t16-,19+/m1/s1. The fourth-order valence-corrected chi connectivity index (χ4v) is 5.17. The molecule has 2 atom stereocenters. The highest BCUT2D eigenvalue weighted by atomic mass is 32.2. The molecule has 9 nitrogen and oxygen atoms in total. The number of hydrogen-bond acceptors (Lipinski definition) is 8. The van der Waals surface area contributed by atoms with Crippen LogP contribution in [0.3, 0.4) is 0 Å². The van der Waals surface area contributed by atoms with Crippen molar-refractivity contribution in [2.24, 2.45) is 0 Å². The van der Waals surface area contributed by atoms with Crippen LogP contribution < -0.4 is 29.0 Å². The Hall–Kier alpha value is -3.27. The summed E-state index contributed by atoms with van der Waals surface area (Å²) < 4.78 is 27.4. The smallest absolute Gasteiger partial charge is 0.326 e. The molecule has 156 valence electrons. The molecule has 2 aromatic rings. The minimum Gasteiger partial charge on any atom is -0.493 e. The van der Waals surface area contributed by atoms with Crippen molar-refractivity contribution < 1.29 is 33.3 Å². The van der Waals surface area contributed by atoms with E-state index in [1.54, 1.807) is 12.1 Å². The average molecular weight is 430 g/mol. The fraction of sp³-hybridized carbons (Fsp3) is 0.300. The number of amides is 3. The van der Waals surface area contributed by atoms with Crippen LogP contribution in [0.5, 0.6) is 28.7 Å². The quantitative estimate of drug-likeness (QED) is 0.740. The second kappa shape index (κ2) is 6.91. The summed E-state index contributed by atoms with van der Waals surface area (Å²) in [5.41, 5.74) is 1.53. The van der Waals surface area contributed by atoms with Crippen LogP contribution in [0.4, 0.5) is 4.79 Å². The summed E-state index contributed by atoms with van der Waals surface area (Å²) in [5.74, 6) is 2.20. The highest BCUT2D eigenvalue weighted by Gasteiger charge is 2.49. The lowest BCUT2D eigenvalue weighted by Gasteiger charge is -2.37. The van der Waals surface area contributed by atoms with E-state index in [-0.39, 0.29) is 12.7 Å². The number of nitrogens with zero attached hydrogens (tertiary/aromatic N) is 1. The van der Waals surface area contributed by atoms with Crippen LogP contribution in [-0.4, -0.2) is 50.3 Å². The predicted octanol–water partition coefficient (Wildman–Crippen LogP) is 2.51. The van der Waals surface area contributed by atoms with Crippen LogP contribution in [-0.2, 0) is 4.79 Å². The van der Waals surface area contributed by atoms with Gasteiger partial charge in [-0.25, -0.2) is 4.79 Å². The number of urea groups is 1. The summed E-state index contributed by atoms with van der Waals surface area (Å²) in [6, 6.07) is 6.24. The van der Waals surface area contributed by atoms with Gasteiger partial charge in [-0.3, -0.25) is 15.0 Å². The molecule has 1 fully saturated rings. The van der Waals surface area contributed by atoms with Gasteiger partial charge < -0.3 is 23.7 Å². The first-order valence-electron chi connectivity index (χ1n) is 9.09. The molecule has 0 aliphatic carbocycles. The van der Waals surface area contributed by atoms with Gasteiger partial charge in [0, 0.05) is 4.90 Å². The first-order chi connectivity index (χ1) is 14.5. The molecule has 10 heteroatoms. The number of hydrogen-bond donors (Lipinski definition) is 1. The molecule has 30 heavy (non-hydrogen) atoms. The van der Waals surface area contributed by atoms with E-state index in [9.17, 15) is 9.59 Å². The molecule has 0 saturated carbocycles. The maximum Gasteiger partial charge on any atom is 0.326 e. The Bertz CT molecular complexity index is 1050. The number of carbonyl (C=O) groups excluding carboxylic acids is 2. The normalized spacial score (nSPS) is 21.1. The van der Waals surface area contributed by atoms with Crippen LogP contribution >= 0.6 is 11.8 Å². The van der Waals surface area contributed by atoms with Crippen molar-refractivity contribution >= 4 is 23.7 Å². The minimum atomic E-state index is -0.700. The lowest BCUT2D eigenvalue weighted by molar-refractivity contribution is -0.119. The third kappa shape index (κ3) is 2.63. The molecule has 0 unspecified atom stereocenters. The maximum absolute atomic E-state index is 12.7. The van der Waals surface area contributed by atoms with Crippen molar-refractivity contribution in [1.82, 2.24) is 10.2 Å². The van der Waals surface area contributed by atoms with Gasteiger partial charge in [0.25, 0.3) is 5.91 Å². The van der Waals surface area contributed by atoms with Crippen LogP contribution in [0, 0.1) is 0 Å². The molecule has 3 aliphatic heterocycles. The number of thioether (sulfide) groups is 1. The molecular formula is C20H18N2O7S. The van der Waals surface area contributed by atoms with E-state index in [1.807, 2.05) is 12.1 Å². The fourth-order valence-electron chi connectivity index (χ4n) is 3.95. The number of fused-ring (bicyclic) bond motifs is 3. The van der Waals surface area contributed by atoms with Crippen LogP contribution in [0.25, 0.3) is 0 Å². The van der Waals surface area contributed by atoms with Crippen LogP contribution in [0.15, 0.2) is 29.2 Å². The van der Waals surface area contributed by atoms with Gasteiger partial charge in [-0.1, -0.05) is 11.8 Å². The van der Waals surface area contributed by atoms with Gasteiger partial charge in [-0.2, -0.15) is 0 Å². The largest absolute Gasteiger partial charge is 0.493 e. The summed E-state index contributed by atoms with van der Waals surface area (Å²) in [6.07, 6.45) is 0. The van der Waals surface area contributed by atoms with E-state index < -0.39 is 17.4 Å². The first kappa shape index (κ1) is 18.7. The lowest BCUT2D eigenvalue weighted by Crippen LogP contribution is -2.40. The van der Waals surface area contributed by atoms with Gasteiger partial charge in [0.1, 0.15) is 0 Å². The molecule has 2 aromatic carbocycles. The summed E-state index contributed by atoms with van der Waals surface area (Å²) >= 11 is 1.30. The predicted molar refractivity (Wildman–Crippen MR) is 106 cm³/mol. The van der Waals surface area contributed by atoms with E-state index in [0.29, 0.717) is 34.3 Å². The summed E-state index contributed by atoms with van der Waals surface area (Å²) in [6.45, 7) is 0.129. The number of methoxy groups -OCH3 is 3. The SMILES string of the molecule is COc1cc([C@@H]2c3cc4c(cc3S[C@H]3C(=O)NC(=O)N23)OCO4)cc(OC)c1OC. The Labute approximate surface area is 176 Å². The molecule has 1 N–H and O–H groups in total. The molecule has 0 aromatic heterocycles. The molecular weight excluding hydrogens is 412 g/mol. The number of rotatable bonds is 4. The molecule has 3 aliphatic rings. The Morgan fingerprint density at radius 1 is 1.00 bits per heavy atom. The molecule has 3 heterocycles. The van der Waals surface area contributed by atoms with Crippen molar-refractivity contribution in [2.75, 3.05) is 28.1 Å². The van der Waals surface area contributed by atoms with Crippen molar-refractivity contribution in [2.45, 2.75) is 16.3 Å². The maximum atomic E-state index is 12.7. The zero-order chi connectivity index (χ0) is 21.0. The minimum absolute atomic E-state index is 0.129. The highest BCUT2D eigenvalue weighted by Crippen LogP contribution is 2.52. The third-order valence-corrected chi connectivity index (χ3v) is 6.53. The number of benzene rings is 2. The van der Waals surface area contributed by atoms with E-state index in [4.69, 9.17) is 23.7 Å². The zero-order valence-corrected chi connectivity index (χ0v) is 17.2. The van der Waals surface area contributed by atoms with E-state index >= 15 is 0 Å². The Kier molecular flexibility index (Phi) is 4.31. The van der Waals surface area contributed by atoms with E-state index in [0.717, 1.165) is 10.5 Å². The van der Waals surface area contributed by atoms with E-state index in [2.05, 4.69) is 5.32 Å². The van der Waals surface area contributed by atoms with Gasteiger partial charge in [0.05, 0.1) is 27.4 Å². The average Bonchev–Trinajstić information content (AvgIpc) is 3.32. The second-order valence-corrected chi connectivity index (χ2v) is 7.90. The van der Waals surface area contributed by atoms with Crippen LogP contribution in [0.2, 0.25) is 0 Å². The monoisotopic (exact) mass is 430 g/mol. The summed E-state index contributed by atoms with van der Waals surface area (Å²) in [4.78, 5) is 27.5. The Morgan fingerprint density at radius 2 is 1.67 bits per heavy atom. The first-order valence-corrected chi connectivity index (χ1v) is 9.97. The topological polar surface area (TPSA) is 95.6 Å². The molecule has 1 saturated heterocycles. The van der Waals surface area contributed by atoms with Crippen molar-refractivity contribution in [3.63, 3.8) is 0 Å². The second-order valence-electron chi connectivity index (χ2n) is 6.78. The molecule has 0 bridgehead atoms. The van der Waals surface area contributed by atoms with E-state index in [1.165, 1.54) is 38.0 Å².